The van der Waals surface area contributed by atoms with Crippen LogP contribution in [0.5, 0.6) is 0 Å². The number of nitrogens with one attached hydrogen (secondary N) is 3. The maximum absolute atomic E-state index is 11.8. The maximum Gasteiger partial charge on any atom is 0.242 e. The third-order valence-corrected chi connectivity index (χ3v) is 3.33. The number of amides is 1. The Balaban J connectivity index is 0.00000529. The number of hydrogen-bond acceptors (Lipinski definition) is 3. The zero-order valence-electron chi connectivity index (χ0n) is 15.1. The van der Waals surface area contributed by atoms with Gasteiger partial charge in [0.1, 0.15) is 12.3 Å². The minimum Gasteiger partial charge on any atom is -0.467 e. The van der Waals surface area contributed by atoms with Gasteiger partial charge in [-0.05, 0) is 44.7 Å². The molecule has 0 spiro atoms. The van der Waals surface area contributed by atoms with Crippen molar-refractivity contribution in [3.63, 3.8) is 0 Å². The second-order valence-corrected chi connectivity index (χ2v) is 6.07. The molecule has 3 N–H and O–H groups in total. The molecule has 7 heteroatoms. The van der Waals surface area contributed by atoms with Crippen LogP contribution >= 0.6 is 24.0 Å². The standard InChI is InChI=1S/C17H30N4O2.HI/c1-5-18-17(21-14(4)9-8-13(2)3)20-12-16(22)19-11-15-7-6-10-23-15;/h6-7,10,13-14H,5,8-9,11-12H2,1-4H3,(H,19,22)(H2,18,20,21);1H. The van der Waals surface area contributed by atoms with Crippen LogP contribution in [0.1, 0.15) is 46.3 Å². The van der Waals surface area contributed by atoms with Gasteiger partial charge in [-0.3, -0.25) is 4.79 Å². The molecule has 1 rings (SSSR count). The van der Waals surface area contributed by atoms with Crippen molar-refractivity contribution in [3.8, 4) is 0 Å². The van der Waals surface area contributed by atoms with Crippen LogP contribution in [0.25, 0.3) is 0 Å². The highest BCUT2D eigenvalue weighted by molar-refractivity contribution is 14.0. The minimum atomic E-state index is -0.131. The minimum absolute atomic E-state index is 0. The SMILES string of the molecule is CCNC(=NCC(=O)NCc1ccco1)NC(C)CCC(C)C.I. The normalized spacial score (nSPS) is 12.5. The third kappa shape index (κ3) is 10.5. The van der Waals surface area contributed by atoms with Crippen molar-refractivity contribution < 1.29 is 9.21 Å². The molecule has 6 nitrogen and oxygen atoms in total. The number of carbonyl (C=O) groups excluding carboxylic acids is 1. The van der Waals surface area contributed by atoms with Crippen LogP contribution in [0.2, 0.25) is 0 Å². The third-order valence-electron chi connectivity index (χ3n) is 3.33. The molecule has 0 radical (unpaired) electrons. The predicted octanol–water partition coefficient (Wildman–Crippen LogP) is 2.89. The Morgan fingerprint density at radius 3 is 2.58 bits per heavy atom. The van der Waals surface area contributed by atoms with Gasteiger partial charge < -0.3 is 20.4 Å². The zero-order valence-corrected chi connectivity index (χ0v) is 17.4. The van der Waals surface area contributed by atoms with Gasteiger partial charge in [-0.2, -0.15) is 0 Å². The number of guanidine groups is 1. The van der Waals surface area contributed by atoms with Crippen LogP contribution in [-0.4, -0.2) is 31.0 Å². The Morgan fingerprint density at radius 2 is 2.00 bits per heavy atom. The lowest BCUT2D eigenvalue weighted by molar-refractivity contribution is -0.119. The van der Waals surface area contributed by atoms with Crippen LogP contribution in [0, 0.1) is 5.92 Å². The molecule has 0 saturated heterocycles. The van der Waals surface area contributed by atoms with Crippen molar-refractivity contribution in [2.45, 2.75) is 53.1 Å². The van der Waals surface area contributed by atoms with Crippen LogP contribution in [0.15, 0.2) is 27.8 Å². The highest BCUT2D eigenvalue weighted by Gasteiger charge is 2.07. The molecule has 1 aromatic heterocycles. The molecule has 24 heavy (non-hydrogen) atoms. The fraction of sp³-hybridized carbons (Fsp3) is 0.647. The van der Waals surface area contributed by atoms with Gasteiger partial charge >= 0.3 is 0 Å². The molecule has 1 atom stereocenters. The Kier molecular flexibility index (Phi) is 12.4. The summed E-state index contributed by atoms with van der Waals surface area (Å²) in [4.78, 5) is 16.2. The molecule has 1 aromatic rings. The second-order valence-electron chi connectivity index (χ2n) is 6.07. The first-order valence-electron chi connectivity index (χ1n) is 8.35. The van der Waals surface area contributed by atoms with Gasteiger partial charge in [0.25, 0.3) is 0 Å². The molecule has 1 unspecified atom stereocenters. The molecule has 1 heterocycles. The molecule has 0 bridgehead atoms. The van der Waals surface area contributed by atoms with Crippen molar-refractivity contribution >= 4 is 35.8 Å². The number of nitrogens with zero attached hydrogens (tertiary/aromatic N) is 1. The molecular formula is C17H31IN4O2. The summed E-state index contributed by atoms with van der Waals surface area (Å²) in [6, 6.07) is 3.94. The van der Waals surface area contributed by atoms with Crippen LogP contribution in [-0.2, 0) is 11.3 Å². The summed E-state index contributed by atoms with van der Waals surface area (Å²) in [5.74, 6) is 1.96. The number of halogens is 1. The summed E-state index contributed by atoms with van der Waals surface area (Å²) in [7, 11) is 0. The Labute approximate surface area is 162 Å². The van der Waals surface area contributed by atoms with Crippen molar-refractivity contribution in [1.82, 2.24) is 16.0 Å². The number of furan rings is 1. The Morgan fingerprint density at radius 1 is 1.25 bits per heavy atom. The maximum atomic E-state index is 11.8. The van der Waals surface area contributed by atoms with E-state index in [-0.39, 0.29) is 36.4 Å². The molecule has 0 aromatic carbocycles. The van der Waals surface area contributed by atoms with Gasteiger partial charge in [-0.25, -0.2) is 4.99 Å². The van der Waals surface area contributed by atoms with E-state index in [0.29, 0.717) is 24.5 Å². The first-order chi connectivity index (χ1) is 11.0. The number of hydrogen-bond donors (Lipinski definition) is 3. The van der Waals surface area contributed by atoms with E-state index in [1.807, 2.05) is 13.0 Å². The lowest BCUT2D eigenvalue weighted by Crippen LogP contribution is -2.43. The molecule has 0 saturated carbocycles. The molecule has 0 fully saturated rings. The molecule has 0 aliphatic heterocycles. The van der Waals surface area contributed by atoms with Crippen LogP contribution < -0.4 is 16.0 Å². The second kappa shape index (κ2) is 13.1. The molecule has 138 valence electrons. The van der Waals surface area contributed by atoms with Gasteiger partial charge in [0.15, 0.2) is 5.96 Å². The van der Waals surface area contributed by atoms with Crippen molar-refractivity contribution in [3.05, 3.63) is 24.2 Å². The van der Waals surface area contributed by atoms with E-state index < -0.39 is 0 Å². The van der Waals surface area contributed by atoms with Gasteiger partial charge in [-0.15, -0.1) is 24.0 Å². The summed E-state index contributed by atoms with van der Waals surface area (Å²) in [6.45, 7) is 9.81. The quantitative estimate of drug-likeness (QED) is 0.307. The first kappa shape index (κ1) is 22.8. The van der Waals surface area contributed by atoms with Gasteiger partial charge in [-0.1, -0.05) is 13.8 Å². The van der Waals surface area contributed by atoms with Gasteiger partial charge in [0, 0.05) is 12.6 Å². The number of aliphatic imine (C=N–C) groups is 1. The largest absolute Gasteiger partial charge is 0.467 e. The first-order valence-corrected chi connectivity index (χ1v) is 8.35. The fourth-order valence-electron chi connectivity index (χ4n) is 2.01. The summed E-state index contributed by atoms with van der Waals surface area (Å²) in [5.41, 5.74) is 0. The van der Waals surface area contributed by atoms with E-state index in [9.17, 15) is 4.79 Å². The average molecular weight is 450 g/mol. The van der Waals surface area contributed by atoms with Crippen molar-refractivity contribution in [2.24, 2.45) is 10.9 Å². The average Bonchev–Trinajstić information content (AvgIpc) is 3.02. The summed E-state index contributed by atoms with van der Waals surface area (Å²) in [6.07, 6.45) is 3.83. The smallest absolute Gasteiger partial charge is 0.242 e. The van der Waals surface area contributed by atoms with E-state index in [2.05, 4.69) is 41.7 Å². The Hall–Kier alpha value is -1.25. The van der Waals surface area contributed by atoms with E-state index in [1.165, 1.54) is 0 Å². The predicted molar refractivity (Wildman–Crippen MR) is 109 cm³/mol. The summed E-state index contributed by atoms with van der Waals surface area (Å²) in [5, 5.41) is 9.29. The molecular weight excluding hydrogens is 419 g/mol. The van der Waals surface area contributed by atoms with Crippen LogP contribution in [0.4, 0.5) is 0 Å². The highest BCUT2D eigenvalue weighted by Crippen LogP contribution is 2.06. The van der Waals surface area contributed by atoms with Gasteiger partial charge in [0.2, 0.25) is 5.91 Å². The number of rotatable bonds is 9. The van der Waals surface area contributed by atoms with E-state index in [0.717, 1.165) is 25.1 Å². The van der Waals surface area contributed by atoms with E-state index >= 15 is 0 Å². The van der Waals surface area contributed by atoms with E-state index in [1.54, 1.807) is 12.3 Å². The van der Waals surface area contributed by atoms with Gasteiger partial charge in [0.05, 0.1) is 12.8 Å². The number of carbonyl (C=O) groups is 1. The molecule has 1 amide bonds. The molecule has 0 aliphatic rings. The fourth-order valence-corrected chi connectivity index (χ4v) is 2.01. The topological polar surface area (TPSA) is 78.7 Å². The monoisotopic (exact) mass is 450 g/mol. The van der Waals surface area contributed by atoms with E-state index in [4.69, 9.17) is 4.42 Å². The summed E-state index contributed by atoms with van der Waals surface area (Å²) >= 11 is 0. The lowest BCUT2D eigenvalue weighted by Gasteiger charge is -2.18. The molecule has 0 aliphatic carbocycles. The van der Waals surface area contributed by atoms with Crippen molar-refractivity contribution in [1.29, 1.82) is 0 Å². The Bertz CT molecular complexity index is 475. The van der Waals surface area contributed by atoms with Crippen LogP contribution in [0.3, 0.4) is 0 Å². The van der Waals surface area contributed by atoms with Crippen molar-refractivity contribution in [2.75, 3.05) is 13.1 Å². The zero-order chi connectivity index (χ0) is 17.1. The highest BCUT2D eigenvalue weighted by atomic mass is 127. The summed E-state index contributed by atoms with van der Waals surface area (Å²) < 4.78 is 5.17. The lowest BCUT2D eigenvalue weighted by atomic mass is 10.0.